The molecule has 1 N–H and O–H groups in total. The van der Waals surface area contributed by atoms with Crippen LogP contribution >= 0.6 is 0 Å². The van der Waals surface area contributed by atoms with Crippen molar-refractivity contribution in [3.05, 3.63) is 0 Å². The Kier molecular flexibility index (Phi) is 25.6. The van der Waals surface area contributed by atoms with Crippen LogP contribution in [0.25, 0.3) is 0 Å². The molecular formula is C29H57NO4. The molecule has 0 radical (unpaired) electrons. The summed E-state index contributed by atoms with van der Waals surface area (Å²) in [4.78, 5) is 25.0. The average Bonchev–Trinajstić information content (AvgIpc) is 2.81. The zero-order valence-electron chi connectivity index (χ0n) is 22.8. The summed E-state index contributed by atoms with van der Waals surface area (Å²) in [6, 6.07) is 0. The number of hydrogen-bond donors (Lipinski definition) is 1. The van der Waals surface area contributed by atoms with Gasteiger partial charge in [-0.3, -0.25) is 14.5 Å². The second-order valence-electron chi connectivity index (χ2n) is 10.0. The quantitative estimate of drug-likeness (QED) is 0.0943. The summed E-state index contributed by atoms with van der Waals surface area (Å²) in [7, 11) is 0. The second-order valence-corrected chi connectivity index (χ2v) is 10.0. The van der Waals surface area contributed by atoms with E-state index in [9.17, 15) is 14.7 Å². The van der Waals surface area contributed by atoms with Gasteiger partial charge in [0.05, 0.1) is 13.2 Å². The summed E-state index contributed by atoms with van der Waals surface area (Å²) in [5.74, 6) is -0.894. The van der Waals surface area contributed by atoms with E-state index in [-0.39, 0.29) is 12.5 Å². The maximum Gasteiger partial charge on any atom is 0.317 e. The van der Waals surface area contributed by atoms with Gasteiger partial charge in [0.1, 0.15) is 0 Å². The maximum atomic E-state index is 11.9. The summed E-state index contributed by atoms with van der Waals surface area (Å²) in [6.45, 7) is 6.44. The van der Waals surface area contributed by atoms with Crippen LogP contribution in [0.15, 0.2) is 0 Å². The van der Waals surface area contributed by atoms with Gasteiger partial charge >= 0.3 is 11.9 Å². The largest absolute Gasteiger partial charge is 0.480 e. The van der Waals surface area contributed by atoms with Crippen molar-refractivity contribution in [3.8, 4) is 0 Å². The number of hydrogen-bond acceptors (Lipinski definition) is 4. The van der Waals surface area contributed by atoms with Crippen molar-refractivity contribution in [2.75, 3.05) is 26.2 Å². The van der Waals surface area contributed by atoms with Gasteiger partial charge in [-0.25, -0.2) is 0 Å². The third-order valence-corrected chi connectivity index (χ3v) is 6.55. The molecule has 5 nitrogen and oxygen atoms in total. The molecule has 0 aliphatic rings. The van der Waals surface area contributed by atoms with Crippen LogP contribution in [0.5, 0.6) is 0 Å². The molecule has 0 aliphatic carbocycles. The number of carboxylic acid groups (broad SMARTS) is 1. The van der Waals surface area contributed by atoms with Crippen molar-refractivity contribution in [2.24, 2.45) is 0 Å². The van der Waals surface area contributed by atoms with Crippen LogP contribution < -0.4 is 0 Å². The number of ether oxygens (including phenoxy) is 1. The first-order chi connectivity index (χ1) is 16.6. The molecule has 0 aromatic heterocycles. The predicted molar refractivity (Wildman–Crippen MR) is 143 cm³/mol. The molecule has 0 unspecified atom stereocenters. The van der Waals surface area contributed by atoms with Crippen molar-refractivity contribution >= 4 is 11.9 Å². The van der Waals surface area contributed by atoms with Crippen LogP contribution in [-0.4, -0.2) is 48.2 Å². The maximum absolute atomic E-state index is 11.9. The van der Waals surface area contributed by atoms with Crippen molar-refractivity contribution in [1.82, 2.24) is 4.90 Å². The first kappa shape index (κ1) is 32.9. The summed E-state index contributed by atoms with van der Waals surface area (Å²) in [5, 5.41) is 9.18. The molecule has 0 saturated carbocycles. The van der Waals surface area contributed by atoms with Crippen LogP contribution in [0.2, 0.25) is 0 Å². The third kappa shape index (κ3) is 25.5. The van der Waals surface area contributed by atoms with Crippen molar-refractivity contribution in [2.45, 2.75) is 149 Å². The average molecular weight is 484 g/mol. The standard InChI is InChI=1S/C29H57NO4/c1-3-5-7-9-11-12-13-14-15-17-19-21-24-30(27-28(31)32)25-22-26-34-29(33)23-20-18-16-10-8-6-4-2/h3-27H2,1-2H3,(H,31,32). The lowest BCUT2D eigenvalue weighted by Gasteiger charge is -2.20. The number of carbonyl (C=O) groups is 2. The fourth-order valence-electron chi connectivity index (χ4n) is 4.41. The monoisotopic (exact) mass is 483 g/mol. The molecule has 0 amide bonds. The van der Waals surface area contributed by atoms with Crippen LogP contribution in [0, 0.1) is 0 Å². The molecule has 0 atom stereocenters. The lowest BCUT2D eigenvalue weighted by Crippen LogP contribution is -2.32. The van der Waals surface area contributed by atoms with E-state index in [4.69, 9.17) is 4.74 Å². The highest BCUT2D eigenvalue weighted by molar-refractivity contribution is 5.69. The number of aliphatic carboxylic acids is 1. The van der Waals surface area contributed by atoms with Crippen molar-refractivity contribution < 1.29 is 19.4 Å². The van der Waals surface area contributed by atoms with Gasteiger partial charge in [0, 0.05) is 13.0 Å². The molecule has 0 aromatic rings. The van der Waals surface area contributed by atoms with Crippen LogP contribution in [-0.2, 0) is 14.3 Å². The molecule has 0 rings (SSSR count). The van der Waals surface area contributed by atoms with E-state index < -0.39 is 5.97 Å². The lowest BCUT2D eigenvalue weighted by molar-refractivity contribution is -0.144. The summed E-state index contributed by atoms with van der Waals surface area (Å²) >= 11 is 0. The Bertz CT molecular complexity index is 455. The second kappa shape index (κ2) is 26.5. The molecule has 34 heavy (non-hydrogen) atoms. The fourth-order valence-corrected chi connectivity index (χ4v) is 4.41. The summed E-state index contributed by atoms with van der Waals surface area (Å²) in [6.07, 6.45) is 25.2. The van der Waals surface area contributed by atoms with E-state index in [2.05, 4.69) is 13.8 Å². The molecule has 5 heteroatoms. The highest BCUT2D eigenvalue weighted by Gasteiger charge is 2.10. The Morgan fingerprint density at radius 3 is 1.47 bits per heavy atom. The van der Waals surface area contributed by atoms with Crippen LogP contribution in [0.4, 0.5) is 0 Å². The molecular weight excluding hydrogens is 426 g/mol. The first-order valence-electron chi connectivity index (χ1n) is 14.7. The topological polar surface area (TPSA) is 66.8 Å². The molecule has 0 fully saturated rings. The number of carbonyl (C=O) groups excluding carboxylic acids is 1. The number of carboxylic acids is 1. The van der Waals surface area contributed by atoms with Gasteiger partial charge in [-0.1, -0.05) is 123 Å². The van der Waals surface area contributed by atoms with E-state index in [1.165, 1.54) is 103 Å². The highest BCUT2D eigenvalue weighted by atomic mass is 16.5. The third-order valence-electron chi connectivity index (χ3n) is 6.55. The van der Waals surface area contributed by atoms with Gasteiger partial charge in [-0.05, 0) is 25.8 Å². The Morgan fingerprint density at radius 2 is 1.00 bits per heavy atom. The van der Waals surface area contributed by atoms with Crippen molar-refractivity contribution in [1.29, 1.82) is 0 Å². The number of nitrogens with zero attached hydrogens (tertiary/aromatic N) is 1. The summed E-state index contributed by atoms with van der Waals surface area (Å²) in [5.41, 5.74) is 0. The van der Waals surface area contributed by atoms with Gasteiger partial charge in [-0.15, -0.1) is 0 Å². The van der Waals surface area contributed by atoms with Gasteiger partial charge < -0.3 is 9.84 Å². The molecule has 0 aliphatic heterocycles. The van der Waals surface area contributed by atoms with E-state index >= 15 is 0 Å². The number of unbranched alkanes of at least 4 members (excludes halogenated alkanes) is 17. The van der Waals surface area contributed by atoms with Gasteiger partial charge in [0.15, 0.2) is 0 Å². The molecule has 0 spiro atoms. The minimum absolute atomic E-state index is 0.0734. The van der Waals surface area contributed by atoms with Gasteiger partial charge in [-0.2, -0.15) is 0 Å². The smallest absolute Gasteiger partial charge is 0.317 e. The van der Waals surface area contributed by atoms with E-state index in [1.54, 1.807) is 0 Å². The van der Waals surface area contributed by atoms with Crippen LogP contribution in [0.1, 0.15) is 149 Å². The Labute approximate surface area is 211 Å². The number of esters is 1. The molecule has 0 saturated heterocycles. The van der Waals surface area contributed by atoms with Crippen LogP contribution in [0.3, 0.4) is 0 Å². The van der Waals surface area contributed by atoms with Gasteiger partial charge in [0.25, 0.3) is 0 Å². The minimum Gasteiger partial charge on any atom is -0.480 e. The zero-order chi connectivity index (χ0) is 25.1. The fraction of sp³-hybridized carbons (Fsp3) is 0.931. The lowest BCUT2D eigenvalue weighted by atomic mass is 10.1. The molecule has 202 valence electrons. The SMILES string of the molecule is CCCCCCCCCCCCCCN(CCCOC(=O)CCCCCCCCC)CC(=O)O. The predicted octanol–water partition coefficient (Wildman–Crippen LogP) is 8.15. The highest BCUT2D eigenvalue weighted by Crippen LogP contribution is 2.12. The molecule has 0 heterocycles. The Hall–Kier alpha value is -1.10. The number of rotatable bonds is 27. The molecule has 0 aromatic carbocycles. The van der Waals surface area contributed by atoms with E-state index in [0.717, 1.165) is 25.8 Å². The van der Waals surface area contributed by atoms with E-state index in [1.807, 2.05) is 4.90 Å². The van der Waals surface area contributed by atoms with Crippen molar-refractivity contribution in [3.63, 3.8) is 0 Å². The normalized spacial score (nSPS) is 11.3. The zero-order valence-corrected chi connectivity index (χ0v) is 22.8. The minimum atomic E-state index is -0.783. The Morgan fingerprint density at radius 1 is 0.588 bits per heavy atom. The first-order valence-corrected chi connectivity index (χ1v) is 14.7. The summed E-state index contributed by atoms with van der Waals surface area (Å²) < 4.78 is 5.35. The Balaban J connectivity index is 3.66. The van der Waals surface area contributed by atoms with E-state index in [0.29, 0.717) is 26.0 Å². The van der Waals surface area contributed by atoms with Gasteiger partial charge in [0.2, 0.25) is 0 Å². The molecule has 0 bridgehead atoms.